The normalized spacial score (nSPS) is 10.6. The van der Waals surface area contributed by atoms with E-state index in [0.29, 0.717) is 0 Å². The number of rotatable bonds is 2. The molecule has 0 amide bonds. The van der Waals surface area contributed by atoms with Crippen molar-refractivity contribution in [1.82, 2.24) is 4.98 Å². The van der Waals surface area contributed by atoms with Crippen LogP contribution in [-0.2, 0) is 6.42 Å². The van der Waals surface area contributed by atoms with Crippen molar-refractivity contribution >= 4 is 6.21 Å². The molecule has 0 saturated carbocycles. The van der Waals surface area contributed by atoms with Gasteiger partial charge in [-0.05, 0) is 18.1 Å². The highest BCUT2D eigenvalue weighted by molar-refractivity contribution is 5.80. The van der Waals surface area contributed by atoms with Crippen molar-refractivity contribution in [2.45, 2.75) is 13.3 Å². The fraction of sp³-hybridized carbons (Fsp3) is 0.250. The summed E-state index contributed by atoms with van der Waals surface area (Å²) >= 11 is 0. The van der Waals surface area contributed by atoms with E-state index in [4.69, 9.17) is 5.21 Å². The van der Waals surface area contributed by atoms with Crippen LogP contribution in [0.25, 0.3) is 0 Å². The largest absolute Gasteiger partial charge is 0.411 e. The fourth-order valence-corrected chi connectivity index (χ4v) is 0.936. The first-order chi connectivity index (χ1) is 5.38. The van der Waals surface area contributed by atoms with E-state index >= 15 is 0 Å². The zero-order valence-corrected chi connectivity index (χ0v) is 6.36. The molecule has 0 saturated heterocycles. The van der Waals surface area contributed by atoms with Gasteiger partial charge in [0, 0.05) is 18.0 Å². The number of nitrogens with zero attached hydrogens (tertiary/aromatic N) is 2. The van der Waals surface area contributed by atoms with E-state index in [9.17, 15) is 0 Å². The zero-order valence-electron chi connectivity index (χ0n) is 6.36. The Hall–Kier alpha value is -1.38. The SMILES string of the molecule is CCc1ccncc1/C=N/O. The van der Waals surface area contributed by atoms with E-state index in [0.717, 1.165) is 17.5 Å². The third-order valence-electron chi connectivity index (χ3n) is 1.52. The van der Waals surface area contributed by atoms with Crippen molar-refractivity contribution in [2.75, 3.05) is 0 Å². The van der Waals surface area contributed by atoms with Gasteiger partial charge < -0.3 is 5.21 Å². The van der Waals surface area contributed by atoms with E-state index in [-0.39, 0.29) is 0 Å². The summed E-state index contributed by atoms with van der Waals surface area (Å²) in [6.45, 7) is 2.05. The van der Waals surface area contributed by atoms with Crippen LogP contribution in [0.2, 0.25) is 0 Å². The van der Waals surface area contributed by atoms with Crippen LogP contribution >= 0.6 is 0 Å². The average Bonchev–Trinajstić information content (AvgIpc) is 2.06. The molecule has 11 heavy (non-hydrogen) atoms. The molecule has 0 fully saturated rings. The Balaban J connectivity index is 3.02. The summed E-state index contributed by atoms with van der Waals surface area (Å²) in [5.41, 5.74) is 2.01. The molecule has 0 atom stereocenters. The van der Waals surface area contributed by atoms with Gasteiger partial charge in [-0.25, -0.2) is 0 Å². The van der Waals surface area contributed by atoms with Gasteiger partial charge in [-0.1, -0.05) is 12.1 Å². The number of aromatic nitrogens is 1. The third-order valence-corrected chi connectivity index (χ3v) is 1.52. The molecule has 3 heteroatoms. The lowest BCUT2D eigenvalue weighted by atomic mass is 10.1. The molecule has 1 N–H and O–H groups in total. The maximum atomic E-state index is 8.28. The molecule has 0 radical (unpaired) electrons. The van der Waals surface area contributed by atoms with Crippen molar-refractivity contribution in [3.05, 3.63) is 29.6 Å². The van der Waals surface area contributed by atoms with Crippen LogP contribution in [0, 0.1) is 0 Å². The minimum Gasteiger partial charge on any atom is -0.411 e. The molecule has 0 aliphatic carbocycles. The Morgan fingerprint density at radius 2 is 2.55 bits per heavy atom. The second-order valence-corrected chi connectivity index (χ2v) is 2.17. The Kier molecular flexibility index (Phi) is 2.60. The molecule has 0 aliphatic rings. The average molecular weight is 150 g/mol. The highest BCUT2D eigenvalue weighted by atomic mass is 16.4. The lowest BCUT2D eigenvalue weighted by molar-refractivity contribution is 0.322. The molecule has 1 rings (SSSR count). The number of oxime groups is 1. The third kappa shape index (κ3) is 1.77. The van der Waals surface area contributed by atoms with Gasteiger partial charge in [0.15, 0.2) is 0 Å². The predicted octanol–water partition coefficient (Wildman–Crippen LogP) is 1.45. The van der Waals surface area contributed by atoms with E-state index in [2.05, 4.69) is 10.1 Å². The quantitative estimate of drug-likeness (QED) is 0.394. The van der Waals surface area contributed by atoms with Gasteiger partial charge in [0.25, 0.3) is 0 Å². The van der Waals surface area contributed by atoms with Crippen LogP contribution in [0.1, 0.15) is 18.1 Å². The molecule has 0 aliphatic heterocycles. The maximum Gasteiger partial charge on any atom is 0.0752 e. The van der Waals surface area contributed by atoms with Gasteiger partial charge in [0.2, 0.25) is 0 Å². The van der Waals surface area contributed by atoms with Crippen LogP contribution < -0.4 is 0 Å². The summed E-state index contributed by atoms with van der Waals surface area (Å²) in [6, 6.07) is 1.91. The monoisotopic (exact) mass is 150 g/mol. The first-order valence-corrected chi connectivity index (χ1v) is 3.48. The number of aryl methyl sites for hydroxylation is 1. The Morgan fingerprint density at radius 1 is 1.73 bits per heavy atom. The van der Waals surface area contributed by atoms with Crippen molar-refractivity contribution in [3.63, 3.8) is 0 Å². The van der Waals surface area contributed by atoms with Gasteiger partial charge in [-0.3, -0.25) is 4.98 Å². The lowest BCUT2D eigenvalue weighted by Gasteiger charge is -1.98. The summed E-state index contributed by atoms with van der Waals surface area (Å²) in [6.07, 6.45) is 5.72. The molecular formula is C8H10N2O. The van der Waals surface area contributed by atoms with Crippen LogP contribution in [0.5, 0.6) is 0 Å². The Bertz CT molecular complexity index is 258. The van der Waals surface area contributed by atoms with Crippen LogP contribution in [0.4, 0.5) is 0 Å². The van der Waals surface area contributed by atoms with Gasteiger partial charge in [0.05, 0.1) is 6.21 Å². The minimum atomic E-state index is 0.873. The van der Waals surface area contributed by atoms with Crippen molar-refractivity contribution in [3.8, 4) is 0 Å². The van der Waals surface area contributed by atoms with Gasteiger partial charge in [-0.2, -0.15) is 0 Å². The number of pyridine rings is 1. The van der Waals surface area contributed by atoms with Crippen LogP contribution in [0.3, 0.4) is 0 Å². The fourth-order valence-electron chi connectivity index (χ4n) is 0.936. The summed E-state index contributed by atoms with van der Waals surface area (Å²) in [4.78, 5) is 3.91. The van der Waals surface area contributed by atoms with E-state index in [1.54, 1.807) is 12.4 Å². The smallest absolute Gasteiger partial charge is 0.0752 e. The standard InChI is InChI=1S/C8H10N2O/c1-2-7-3-4-9-5-8(7)6-10-11/h3-6,11H,2H2,1H3/b10-6+. The van der Waals surface area contributed by atoms with Gasteiger partial charge in [-0.15, -0.1) is 0 Å². The molecule has 3 nitrogen and oxygen atoms in total. The first kappa shape index (κ1) is 7.72. The molecule has 1 aromatic heterocycles. The molecular weight excluding hydrogens is 140 g/mol. The van der Waals surface area contributed by atoms with E-state index in [1.165, 1.54) is 6.21 Å². The molecule has 0 spiro atoms. The first-order valence-electron chi connectivity index (χ1n) is 3.48. The molecule has 0 bridgehead atoms. The summed E-state index contributed by atoms with van der Waals surface area (Å²) in [5, 5.41) is 11.2. The topological polar surface area (TPSA) is 45.5 Å². The second-order valence-electron chi connectivity index (χ2n) is 2.17. The van der Waals surface area contributed by atoms with Crippen LogP contribution in [0.15, 0.2) is 23.6 Å². The Morgan fingerprint density at radius 3 is 3.18 bits per heavy atom. The number of hydrogen-bond donors (Lipinski definition) is 1. The molecule has 0 unspecified atom stereocenters. The highest BCUT2D eigenvalue weighted by Gasteiger charge is 1.95. The van der Waals surface area contributed by atoms with Crippen molar-refractivity contribution in [1.29, 1.82) is 0 Å². The van der Waals surface area contributed by atoms with E-state index in [1.807, 2.05) is 13.0 Å². The van der Waals surface area contributed by atoms with Gasteiger partial charge >= 0.3 is 0 Å². The Labute approximate surface area is 65.4 Å². The predicted molar refractivity (Wildman–Crippen MR) is 43.0 cm³/mol. The molecule has 1 heterocycles. The summed E-state index contributed by atoms with van der Waals surface area (Å²) in [5.74, 6) is 0. The number of hydrogen-bond acceptors (Lipinski definition) is 3. The molecule has 58 valence electrons. The highest BCUT2D eigenvalue weighted by Crippen LogP contribution is 2.03. The van der Waals surface area contributed by atoms with E-state index < -0.39 is 0 Å². The maximum absolute atomic E-state index is 8.28. The zero-order chi connectivity index (χ0) is 8.10. The van der Waals surface area contributed by atoms with Crippen molar-refractivity contribution < 1.29 is 5.21 Å². The second kappa shape index (κ2) is 3.71. The van der Waals surface area contributed by atoms with Gasteiger partial charge in [0.1, 0.15) is 0 Å². The van der Waals surface area contributed by atoms with Crippen molar-refractivity contribution in [2.24, 2.45) is 5.16 Å². The molecule has 1 aromatic rings. The lowest BCUT2D eigenvalue weighted by Crippen LogP contribution is -1.91. The summed E-state index contributed by atoms with van der Waals surface area (Å²) < 4.78 is 0. The minimum absolute atomic E-state index is 0.873. The summed E-state index contributed by atoms with van der Waals surface area (Å²) in [7, 11) is 0. The molecule has 0 aromatic carbocycles. The van der Waals surface area contributed by atoms with Crippen LogP contribution in [-0.4, -0.2) is 16.4 Å².